The maximum absolute atomic E-state index is 13.6. The largest absolute Gasteiger partial charge is 0.324 e. The van der Waals surface area contributed by atoms with Crippen molar-refractivity contribution in [3.05, 3.63) is 34.9 Å². The second-order valence-corrected chi connectivity index (χ2v) is 5.63. The van der Waals surface area contributed by atoms with Gasteiger partial charge in [-0.1, -0.05) is 17.7 Å². The SMILES string of the molecule is CC(C)(C)n1c(CN)nnc1-c1cccc(F)c1Cl. The third-order valence-corrected chi connectivity index (χ3v) is 3.16. The average molecular weight is 283 g/mol. The van der Waals surface area contributed by atoms with Crippen molar-refractivity contribution in [1.29, 1.82) is 0 Å². The molecule has 102 valence electrons. The van der Waals surface area contributed by atoms with E-state index in [-0.39, 0.29) is 17.1 Å². The molecule has 2 aromatic rings. The van der Waals surface area contributed by atoms with Crippen molar-refractivity contribution in [3.63, 3.8) is 0 Å². The molecule has 4 nitrogen and oxygen atoms in total. The number of hydrogen-bond donors (Lipinski definition) is 1. The quantitative estimate of drug-likeness (QED) is 0.921. The molecule has 1 aromatic carbocycles. The molecular formula is C13H16ClFN4. The molecule has 2 N–H and O–H groups in total. The van der Waals surface area contributed by atoms with E-state index in [1.165, 1.54) is 6.07 Å². The zero-order valence-electron chi connectivity index (χ0n) is 11.1. The molecule has 2 rings (SSSR count). The molecule has 19 heavy (non-hydrogen) atoms. The van der Waals surface area contributed by atoms with Gasteiger partial charge < -0.3 is 10.3 Å². The van der Waals surface area contributed by atoms with Crippen LogP contribution in [-0.4, -0.2) is 14.8 Å². The fourth-order valence-corrected chi connectivity index (χ4v) is 2.22. The van der Waals surface area contributed by atoms with Crippen LogP contribution in [0.5, 0.6) is 0 Å². The highest BCUT2D eigenvalue weighted by Crippen LogP contribution is 2.32. The van der Waals surface area contributed by atoms with Gasteiger partial charge in [0.2, 0.25) is 0 Å². The van der Waals surface area contributed by atoms with Gasteiger partial charge in [-0.05, 0) is 32.9 Å². The molecule has 0 unspecified atom stereocenters. The molecule has 0 saturated carbocycles. The smallest absolute Gasteiger partial charge is 0.166 e. The van der Waals surface area contributed by atoms with Crippen LogP contribution in [-0.2, 0) is 12.1 Å². The fourth-order valence-electron chi connectivity index (χ4n) is 2.00. The van der Waals surface area contributed by atoms with Gasteiger partial charge in [0.15, 0.2) is 5.82 Å². The monoisotopic (exact) mass is 282 g/mol. The molecular weight excluding hydrogens is 267 g/mol. The maximum atomic E-state index is 13.6. The Hall–Kier alpha value is -1.46. The Labute approximate surface area is 116 Å². The summed E-state index contributed by atoms with van der Waals surface area (Å²) in [7, 11) is 0. The molecule has 0 amide bonds. The maximum Gasteiger partial charge on any atom is 0.166 e. The lowest BCUT2D eigenvalue weighted by molar-refractivity contribution is 0.386. The van der Waals surface area contributed by atoms with Gasteiger partial charge in [0, 0.05) is 11.1 Å². The van der Waals surface area contributed by atoms with Crippen molar-refractivity contribution in [3.8, 4) is 11.4 Å². The van der Waals surface area contributed by atoms with Crippen molar-refractivity contribution >= 4 is 11.6 Å². The van der Waals surface area contributed by atoms with Crippen LogP contribution in [0, 0.1) is 5.82 Å². The van der Waals surface area contributed by atoms with Crippen molar-refractivity contribution in [2.24, 2.45) is 5.73 Å². The summed E-state index contributed by atoms with van der Waals surface area (Å²) in [6, 6.07) is 4.63. The summed E-state index contributed by atoms with van der Waals surface area (Å²) in [5, 5.41) is 8.21. The third kappa shape index (κ3) is 2.48. The molecule has 0 spiro atoms. The summed E-state index contributed by atoms with van der Waals surface area (Å²) in [6.45, 7) is 6.28. The summed E-state index contributed by atoms with van der Waals surface area (Å²) < 4.78 is 15.5. The van der Waals surface area contributed by atoms with E-state index >= 15 is 0 Å². The van der Waals surface area contributed by atoms with E-state index in [4.69, 9.17) is 17.3 Å². The molecule has 0 aliphatic carbocycles. The lowest BCUT2D eigenvalue weighted by atomic mass is 10.1. The Morgan fingerprint density at radius 2 is 2.00 bits per heavy atom. The molecule has 0 bridgehead atoms. The predicted octanol–water partition coefficient (Wildman–Crippen LogP) is 2.95. The van der Waals surface area contributed by atoms with Crippen molar-refractivity contribution in [2.75, 3.05) is 0 Å². The van der Waals surface area contributed by atoms with Gasteiger partial charge in [0.25, 0.3) is 0 Å². The van der Waals surface area contributed by atoms with Crippen LogP contribution in [0.25, 0.3) is 11.4 Å². The standard InChI is InChI=1S/C13H16ClFN4/c1-13(2,3)19-10(7-16)17-18-12(19)8-5-4-6-9(15)11(8)14/h4-6H,7,16H2,1-3H3. The van der Waals surface area contributed by atoms with Crippen LogP contribution in [0.3, 0.4) is 0 Å². The molecule has 0 radical (unpaired) electrons. The van der Waals surface area contributed by atoms with Gasteiger partial charge >= 0.3 is 0 Å². The highest BCUT2D eigenvalue weighted by Gasteiger charge is 2.24. The molecule has 0 atom stereocenters. The summed E-state index contributed by atoms with van der Waals surface area (Å²) in [5.74, 6) is 0.692. The summed E-state index contributed by atoms with van der Waals surface area (Å²) >= 11 is 6.01. The van der Waals surface area contributed by atoms with E-state index in [0.717, 1.165) is 0 Å². The second kappa shape index (κ2) is 4.90. The minimum Gasteiger partial charge on any atom is -0.324 e. The zero-order chi connectivity index (χ0) is 14.2. The molecule has 1 heterocycles. The first-order valence-corrected chi connectivity index (χ1v) is 6.33. The first-order chi connectivity index (χ1) is 8.86. The van der Waals surface area contributed by atoms with E-state index in [0.29, 0.717) is 17.2 Å². The highest BCUT2D eigenvalue weighted by atomic mass is 35.5. The first-order valence-electron chi connectivity index (χ1n) is 5.95. The number of aromatic nitrogens is 3. The molecule has 0 fully saturated rings. The van der Waals surface area contributed by atoms with Gasteiger partial charge in [-0.2, -0.15) is 0 Å². The van der Waals surface area contributed by atoms with Gasteiger partial charge in [-0.15, -0.1) is 10.2 Å². The number of nitrogens with zero attached hydrogens (tertiary/aromatic N) is 3. The Morgan fingerprint density at radius 3 is 2.58 bits per heavy atom. The fraction of sp³-hybridized carbons (Fsp3) is 0.385. The van der Waals surface area contributed by atoms with Crippen LogP contribution in [0.4, 0.5) is 4.39 Å². The number of halogens is 2. The summed E-state index contributed by atoms with van der Waals surface area (Å²) in [5.41, 5.74) is 5.92. The Morgan fingerprint density at radius 1 is 1.32 bits per heavy atom. The van der Waals surface area contributed by atoms with E-state index in [1.807, 2.05) is 25.3 Å². The first kappa shape index (κ1) is 14.0. The molecule has 0 saturated heterocycles. The lowest BCUT2D eigenvalue weighted by Gasteiger charge is -2.25. The Balaban J connectivity index is 2.70. The predicted molar refractivity (Wildman–Crippen MR) is 73.3 cm³/mol. The van der Waals surface area contributed by atoms with Crippen LogP contribution in [0.2, 0.25) is 5.02 Å². The third-order valence-electron chi connectivity index (χ3n) is 2.78. The lowest BCUT2D eigenvalue weighted by Crippen LogP contribution is -2.26. The second-order valence-electron chi connectivity index (χ2n) is 5.25. The van der Waals surface area contributed by atoms with Gasteiger partial charge in [0.05, 0.1) is 11.6 Å². The topological polar surface area (TPSA) is 56.7 Å². The summed E-state index contributed by atoms with van der Waals surface area (Å²) in [4.78, 5) is 0. The molecule has 0 aliphatic heterocycles. The normalized spacial score (nSPS) is 11.9. The van der Waals surface area contributed by atoms with Gasteiger partial charge in [-0.25, -0.2) is 4.39 Å². The number of benzene rings is 1. The molecule has 1 aromatic heterocycles. The van der Waals surface area contributed by atoms with Crippen LogP contribution < -0.4 is 5.73 Å². The minimum atomic E-state index is -0.475. The van der Waals surface area contributed by atoms with Crippen LogP contribution >= 0.6 is 11.6 Å². The van der Waals surface area contributed by atoms with E-state index in [2.05, 4.69) is 10.2 Å². The number of hydrogen-bond acceptors (Lipinski definition) is 3. The van der Waals surface area contributed by atoms with Gasteiger partial charge in [0.1, 0.15) is 11.6 Å². The minimum absolute atomic E-state index is 0.0453. The Bertz CT molecular complexity index is 601. The molecule has 6 heteroatoms. The van der Waals surface area contributed by atoms with Crippen molar-refractivity contribution < 1.29 is 4.39 Å². The van der Waals surface area contributed by atoms with Crippen molar-refractivity contribution in [1.82, 2.24) is 14.8 Å². The Kier molecular flexibility index (Phi) is 3.60. The molecule has 0 aliphatic rings. The van der Waals surface area contributed by atoms with Crippen LogP contribution in [0.15, 0.2) is 18.2 Å². The number of rotatable bonds is 2. The summed E-state index contributed by atoms with van der Waals surface area (Å²) in [6.07, 6.45) is 0. The zero-order valence-corrected chi connectivity index (χ0v) is 11.9. The van der Waals surface area contributed by atoms with E-state index < -0.39 is 5.82 Å². The van der Waals surface area contributed by atoms with Crippen LogP contribution in [0.1, 0.15) is 26.6 Å². The van der Waals surface area contributed by atoms with E-state index in [1.54, 1.807) is 12.1 Å². The highest BCUT2D eigenvalue weighted by molar-refractivity contribution is 6.33. The van der Waals surface area contributed by atoms with E-state index in [9.17, 15) is 4.39 Å². The number of nitrogens with two attached hydrogens (primary N) is 1. The average Bonchev–Trinajstić information content (AvgIpc) is 2.76. The van der Waals surface area contributed by atoms with Crippen molar-refractivity contribution in [2.45, 2.75) is 32.9 Å². The van der Waals surface area contributed by atoms with Gasteiger partial charge in [-0.3, -0.25) is 0 Å².